The SMILES string of the molecule is CN1C(=O)CCN(C(=O)C2CC23CCS(=O)(=O)CC3)c2ccccc21. The Morgan fingerprint density at radius 2 is 1.80 bits per heavy atom. The van der Waals surface area contributed by atoms with Crippen LogP contribution >= 0.6 is 0 Å². The highest BCUT2D eigenvalue weighted by atomic mass is 32.2. The summed E-state index contributed by atoms with van der Waals surface area (Å²) in [7, 11) is -1.20. The van der Waals surface area contributed by atoms with Gasteiger partial charge in [-0.2, -0.15) is 0 Å². The van der Waals surface area contributed by atoms with Gasteiger partial charge in [-0.05, 0) is 36.8 Å². The predicted molar refractivity (Wildman–Crippen MR) is 95.2 cm³/mol. The number of fused-ring (bicyclic) bond motifs is 1. The molecule has 0 N–H and O–H groups in total. The van der Waals surface area contributed by atoms with E-state index < -0.39 is 9.84 Å². The highest BCUT2D eigenvalue weighted by molar-refractivity contribution is 7.91. The summed E-state index contributed by atoms with van der Waals surface area (Å²) < 4.78 is 23.4. The lowest BCUT2D eigenvalue weighted by Crippen LogP contribution is -2.36. The maximum absolute atomic E-state index is 13.2. The van der Waals surface area contributed by atoms with Crippen molar-refractivity contribution in [3.63, 3.8) is 0 Å². The minimum Gasteiger partial charge on any atom is -0.313 e. The van der Waals surface area contributed by atoms with Gasteiger partial charge in [-0.1, -0.05) is 12.1 Å². The minimum absolute atomic E-state index is 0.00276. The van der Waals surface area contributed by atoms with E-state index in [2.05, 4.69) is 0 Å². The molecule has 1 saturated heterocycles. The molecule has 1 saturated carbocycles. The van der Waals surface area contributed by atoms with Gasteiger partial charge in [0.05, 0.1) is 22.9 Å². The Balaban J connectivity index is 1.59. The lowest BCUT2D eigenvalue weighted by atomic mass is 9.95. The molecule has 1 aromatic carbocycles. The van der Waals surface area contributed by atoms with Crippen LogP contribution in [0.15, 0.2) is 24.3 Å². The first-order valence-electron chi connectivity index (χ1n) is 8.70. The molecule has 0 aromatic heterocycles. The number of rotatable bonds is 1. The van der Waals surface area contributed by atoms with Crippen molar-refractivity contribution in [1.82, 2.24) is 0 Å². The van der Waals surface area contributed by atoms with Gasteiger partial charge in [-0.15, -0.1) is 0 Å². The molecule has 1 aromatic rings. The van der Waals surface area contributed by atoms with Gasteiger partial charge in [-0.3, -0.25) is 9.59 Å². The number of para-hydroxylation sites is 2. The van der Waals surface area contributed by atoms with Crippen LogP contribution in [0.25, 0.3) is 0 Å². The van der Waals surface area contributed by atoms with Crippen molar-refractivity contribution in [1.29, 1.82) is 0 Å². The summed E-state index contributed by atoms with van der Waals surface area (Å²) in [5, 5.41) is 0. The molecule has 1 spiro atoms. The van der Waals surface area contributed by atoms with Crippen LogP contribution in [0.2, 0.25) is 0 Å². The Hall–Kier alpha value is -1.89. The first-order chi connectivity index (χ1) is 11.8. The number of hydrogen-bond acceptors (Lipinski definition) is 4. The summed E-state index contributed by atoms with van der Waals surface area (Å²) in [6.07, 6.45) is 2.23. The highest BCUT2D eigenvalue weighted by Gasteiger charge is 2.60. The number of hydrogen-bond donors (Lipinski definition) is 0. The average Bonchev–Trinajstić information content (AvgIpc) is 3.33. The Labute approximate surface area is 147 Å². The average molecular weight is 362 g/mol. The fourth-order valence-electron chi connectivity index (χ4n) is 4.22. The van der Waals surface area contributed by atoms with Crippen LogP contribution in [0.1, 0.15) is 25.7 Å². The lowest BCUT2D eigenvalue weighted by Gasteiger charge is -2.27. The normalized spacial score (nSPS) is 26.9. The molecule has 2 fully saturated rings. The Kier molecular flexibility index (Phi) is 3.68. The van der Waals surface area contributed by atoms with E-state index >= 15 is 0 Å². The molecule has 134 valence electrons. The van der Waals surface area contributed by atoms with E-state index in [0.29, 0.717) is 25.8 Å². The molecule has 1 aliphatic carbocycles. The molecule has 25 heavy (non-hydrogen) atoms. The monoisotopic (exact) mass is 362 g/mol. The standard InChI is InChI=1S/C18H22N2O4S/c1-19-14-4-2-3-5-15(14)20(9-6-16(19)21)17(22)13-12-18(13)7-10-25(23,24)11-8-18/h2-5,13H,6-12H2,1H3. The smallest absolute Gasteiger partial charge is 0.230 e. The van der Waals surface area contributed by atoms with Crippen molar-refractivity contribution in [3.05, 3.63) is 24.3 Å². The maximum Gasteiger partial charge on any atom is 0.230 e. The van der Waals surface area contributed by atoms with Crippen LogP contribution in [-0.2, 0) is 19.4 Å². The molecule has 2 amide bonds. The van der Waals surface area contributed by atoms with E-state index in [4.69, 9.17) is 0 Å². The molecule has 1 unspecified atom stereocenters. The molecule has 2 heterocycles. The lowest BCUT2D eigenvalue weighted by molar-refractivity contribution is -0.120. The first-order valence-corrected chi connectivity index (χ1v) is 10.5. The summed E-state index contributed by atoms with van der Waals surface area (Å²) in [6, 6.07) is 7.47. The van der Waals surface area contributed by atoms with Crippen LogP contribution in [0.3, 0.4) is 0 Å². The third-order valence-corrected chi connectivity index (χ3v) is 7.69. The number of amides is 2. The minimum atomic E-state index is -2.93. The number of nitrogens with zero attached hydrogens (tertiary/aromatic N) is 2. The van der Waals surface area contributed by atoms with Crippen LogP contribution in [0, 0.1) is 11.3 Å². The van der Waals surface area contributed by atoms with Gasteiger partial charge in [0.25, 0.3) is 0 Å². The number of carbonyl (C=O) groups is 2. The molecule has 1 atom stereocenters. The number of carbonyl (C=O) groups excluding carboxylic acids is 2. The van der Waals surface area contributed by atoms with Crippen molar-refractivity contribution >= 4 is 33.0 Å². The van der Waals surface area contributed by atoms with Crippen molar-refractivity contribution < 1.29 is 18.0 Å². The van der Waals surface area contributed by atoms with Gasteiger partial charge in [0.1, 0.15) is 9.84 Å². The zero-order chi connectivity index (χ0) is 17.8. The Bertz CT molecular complexity index is 834. The third-order valence-electron chi connectivity index (χ3n) is 6.03. The summed E-state index contributed by atoms with van der Waals surface area (Å²) in [4.78, 5) is 28.7. The quantitative estimate of drug-likeness (QED) is 0.761. The molecule has 0 bridgehead atoms. The van der Waals surface area contributed by atoms with Crippen molar-refractivity contribution in [3.8, 4) is 0 Å². The van der Waals surface area contributed by atoms with Gasteiger partial charge >= 0.3 is 0 Å². The molecule has 4 rings (SSSR count). The predicted octanol–water partition coefficient (Wildman–Crippen LogP) is 1.60. The molecule has 2 aliphatic heterocycles. The number of sulfone groups is 1. The van der Waals surface area contributed by atoms with Gasteiger partial charge in [0.2, 0.25) is 11.8 Å². The highest BCUT2D eigenvalue weighted by Crippen LogP contribution is 2.60. The zero-order valence-electron chi connectivity index (χ0n) is 14.3. The maximum atomic E-state index is 13.2. The Morgan fingerprint density at radius 1 is 1.16 bits per heavy atom. The first kappa shape index (κ1) is 16.6. The molecule has 0 radical (unpaired) electrons. The fraction of sp³-hybridized carbons (Fsp3) is 0.556. The summed E-state index contributed by atoms with van der Waals surface area (Å²) in [6.45, 7) is 0.379. The molecule has 7 heteroatoms. The second-order valence-electron chi connectivity index (χ2n) is 7.45. The van der Waals surface area contributed by atoms with E-state index in [1.54, 1.807) is 16.8 Å². The van der Waals surface area contributed by atoms with Gasteiger partial charge in [-0.25, -0.2) is 8.42 Å². The third kappa shape index (κ3) is 2.74. The summed E-state index contributed by atoms with van der Waals surface area (Å²) in [5.41, 5.74) is 1.38. The fourth-order valence-corrected chi connectivity index (χ4v) is 5.86. The van der Waals surface area contributed by atoms with Gasteiger partial charge in [0.15, 0.2) is 0 Å². The van der Waals surface area contributed by atoms with Crippen LogP contribution in [0.5, 0.6) is 0 Å². The van der Waals surface area contributed by atoms with E-state index in [-0.39, 0.29) is 34.7 Å². The molecular formula is C18H22N2O4S. The number of anilines is 2. The summed E-state index contributed by atoms with van der Waals surface area (Å²) >= 11 is 0. The second-order valence-corrected chi connectivity index (χ2v) is 9.76. The summed E-state index contributed by atoms with van der Waals surface area (Å²) in [5.74, 6) is 0.296. The van der Waals surface area contributed by atoms with E-state index in [1.165, 1.54) is 0 Å². The molecule has 3 aliphatic rings. The largest absolute Gasteiger partial charge is 0.313 e. The topological polar surface area (TPSA) is 74.8 Å². The van der Waals surface area contributed by atoms with Crippen molar-refractivity contribution in [2.24, 2.45) is 11.3 Å². The van der Waals surface area contributed by atoms with Crippen molar-refractivity contribution in [2.75, 3.05) is 34.9 Å². The van der Waals surface area contributed by atoms with Gasteiger partial charge in [0, 0.05) is 25.9 Å². The zero-order valence-corrected chi connectivity index (χ0v) is 15.1. The molecule has 6 nitrogen and oxygen atoms in total. The van der Waals surface area contributed by atoms with Crippen LogP contribution in [0.4, 0.5) is 11.4 Å². The molecular weight excluding hydrogens is 340 g/mol. The van der Waals surface area contributed by atoms with Crippen LogP contribution < -0.4 is 9.80 Å². The van der Waals surface area contributed by atoms with E-state index in [9.17, 15) is 18.0 Å². The van der Waals surface area contributed by atoms with E-state index in [0.717, 1.165) is 17.8 Å². The Morgan fingerprint density at radius 3 is 2.48 bits per heavy atom. The van der Waals surface area contributed by atoms with Gasteiger partial charge < -0.3 is 9.80 Å². The van der Waals surface area contributed by atoms with Crippen LogP contribution in [-0.4, -0.2) is 45.3 Å². The van der Waals surface area contributed by atoms with Crippen molar-refractivity contribution in [2.45, 2.75) is 25.7 Å². The number of benzene rings is 1. The second kappa shape index (κ2) is 5.56. The van der Waals surface area contributed by atoms with E-state index in [1.807, 2.05) is 24.3 Å².